The standard InChI is InChI=1S/C21H23N3O2/c1-15(2)26-19-11-7-8-17(13-19)14-22-21(25)20-12-16(3)24(23-20)18-9-5-4-6-10-18/h4-13,15H,14H2,1-3H3,(H,22,25). The summed E-state index contributed by atoms with van der Waals surface area (Å²) in [5, 5.41) is 7.35. The minimum atomic E-state index is -0.196. The van der Waals surface area contributed by atoms with Gasteiger partial charge in [-0.05, 0) is 56.7 Å². The smallest absolute Gasteiger partial charge is 0.272 e. The molecular formula is C21H23N3O2. The second kappa shape index (κ2) is 7.87. The maximum atomic E-state index is 12.5. The largest absolute Gasteiger partial charge is 0.491 e. The Morgan fingerprint density at radius 3 is 2.62 bits per heavy atom. The van der Waals surface area contributed by atoms with Gasteiger partial charge in [0.1, 0.15) is 5.75 Å². The van der Waals surface area contributed by atoms with Crippen LogP contribution in [0.25, 0.3) is 5.69 Å². The summed E-state index contributed by atoms with van der Waals surface area (Å²) >= 11 is 0. The molecule has 1 aromatic heterocycles. The van der Waals surface area contributed by atoms with Gasteiger partial charge in [-0.25, -0.2) is 4.68 Å². The third-order valence-electron chi connectivity index (χ3n) is 3.84. The number of nitrogens with one attached hydrogen (secondary N) is 1. The minimum absolute atomic E-state index is 0.116. The number of amides is 1. The maximum Gasteiger partial charge on any atom is 0.272 e. The fourth-order valence-corrected chi connectivity index (χ4v) is 2.69. The molecule has 5 nitrogen and oxygen atoms in total. The molecule has 3 aromatic rings. The molecule has 26 heavy (non-hydrogen) atoms. The molecule has 1 N–H and O–H groups in total. The van der Waals surface area contributed by atoms with Crippen molar-refractivity contribution in [3.8, 4) is 11.4 Å². The average molecular weight is 349 g/mol. The summed E-state index contributed by atoms with van der Waals surface area (Å²) in [5.74, 6) is 0.605. The van der Waals surface area contributed by atoms with E-state index in [4.69, 9.17) is 4.74 Å². The highest BCUT2D eigenvalue weighted by atomic mass is 16.5. The normalized spacial score (nSPS) is 10.8. The number of nitrogens with zero attached hydrogens (tertiary/aromatic N) is 2. The molecule has 0 radical (unpaired) electrons. The minimum Gasteiger partial charge on any atom is -0.491 e. The SMILES string of the molecule is Cc1cc(C(=O)NCc2cccc(OC(C)C)c2)nn1-c1ccccc1. The zero-order chi connectivity index (χ0) is 18.5. The summed E-state index contributed by atoms with van der Waals surface area (Å²) in [7, 11) is 0. The van der Waals surface area contributed by atoms with Crippen molar-refractivity contribution in [2.24, 2.45) is 0 Å². The summed E-state index contributed by atoms with van der Waals surface area (Å²) in [4.78, 5) is 12.5. The maximum absolute atomic E-state index is 12.5. The molecule has 0 atom stereocenters. The summed E-state index contributed by atoms with van der Waals surface area (Å²) < 4.78 is 7.46. The Kier molecular flexibility index (Phi) is 5.37. The molecule has 0 aliphatic carbocycles. The van der Waals surface area contributed by atoms with Crippen LogP contribution in [0.4, 0.5) is 0 Å². The first-order chi connectivity index (χ1) is 12.5. The van der Waals surface area contributed by atoms with E-state index in [0.29, 0.717) is 12.2 Å². The highest BCUT2D eigenvalue weighted by Gasteiger charge is 2.13. The van der Waals surface area contributed by atoms with Crippen molar-refractivity contribution in [3.05, 3.63) is 77.6 Å². The summed E-state index contributed by atoms with van der Waals surface area (Å²) in [5.41, 5.74) is 3.23. The summed E-state index contributed by atoms with van der Waals surface area (Å²) in [6.07, 6.45) is 0.116. The lowest BCUT2D eigenvalue weighted by atomic mass is 10.2. The Hall–Kier alpha value is -3.08. The van der Waals surface area contributed by atoms with E-state index in [2.05, 4.69) is 10.4 Å². The lowest BCUT2D eigenvalue weighted by molar-refractivity contribution is 0.0945. The Bertz CT molecular complexity index is 885. The van der Waals surface area contributed by atoms with Crippen LogP contribution in [-0.2, 0) is 6.54 Å². The molecule has 0 aliphatic rings. The Morgan fingerprint density at radius 1 is 1.12 bits per heavy atom. The molecule has 0 fully saturated rings. The van der Waals surface area contributed by atoms with Crippen LogP contribution in [0.15, 0.2) is 60.7 Å². The van der Waals surface area contributed by atoms with Crippen LogP contribution in [0.5, 0.6) is 5.75 Å². The number of aromatic nitrogens is 2. The number of para-hydroxylation sites is 1. The Morgan fingerprint density at radius 2 is 1.88 bits per heavy atom. The van der Waals surface area contributed by atoms with Gasteiger partial charge in [0.15, 0.2) is 5.69 Å². The lowest BCUT2D eigenvalue weighted by Gasteiger charge is -2.11. The van der Waals surface area contributed by atoms with Crippen molar-refractivity contribution in [1.29, 1.82) is 0 Å². The van der Waals surface area contributed by atoms with Crippen LogP contribution in [0.3, 0.4) is 0 Å². The van der Waals surface area contributed by atoms with Gasteiger partial charge in [0.2, 0.25) is 0 Å². The lowest BCUT2D eigenvalue weighted by Crippen LogP contribution is -2.23. The van der Waals surface area contributed by atoms with Gasteiger partial charge < -0.3 is 10.1 Å². The van der Waals surface area contributed by atoms with Gasteiger partial charge >= 0.3 is 0 Å². The second-order valence-electron chi connectivity index (χ2n) is 6.42. The van der Waals surface area contributed by atoms with E-state index in [0.717, 1.165) is 22.7 Å². The average Bonchev–Trinajstić information content (AvgIpc) is 3.02. The highest BCUT2D eigenvalue weighted by Crippen LogP contribution is 2.15. The van der Waals surface area contributed by atoms with Crippen LogP contribution >= 0.6 is 0 Å². The Balaban J connectivity index is 1.68. The van der Waals surface area contributed by atoms with Crippen molar-refractivity contribution in [1.82, 2.24) is 15.1 Å². The van der Waals surface area contributed by atoms with E-state index in [-0.39, 0.29) is 12.0 Å². The molecule has 0 unspecified atom stereocenters. The van der Waals surface area contributed by atoms with Crippen molar-refractivity contribution in [2.75, 3.05) is 0 Å². The van der Waals surface area contributed by atoms with Crippen molar-refractivity contribution in [2.45, 2.75) is 33.4 Å². The van der Waals surface area contributed by atoms with Crippen molar-refractivity contribution >= 4 is 5.91 Å². The number of carbonyl (C=O) groups is 1. The summed E-state index contributed by atoms with van der Waals surface area (Å²) in [6.45, 7) is 6.33. The molecule has 0 saturated heterocycles. The molecule has 2 aromatic carbocycles. The highest BCUT2D eigenvalue weighted by molar-refractivity contribution is 5.92. The molecule has 3 rings (SSSR count). The van der Waals surface area contributed by atoms with Crippen LogP contribution in [0.2, 0.25) is 0 Å². The van der Waals surface area contributed by atoms with E-state index in [1.807, 2.05) is 75.4 Å². The van der Waals surface area contributed by atoms with E-state index >= 15 is 0 Å². The van der Waals surface area contributed by atoms with Gasteiger partial charge in [0, 0.05) is 12.2 Å². The van der Waals surface area contributed by atoms with E-state index in [1.165, 1.54) is 0 Å². The number of ether oxygens (including phenoxy) is 1. The quantitative estimate of drug-likeness (QED) is 0.734. The molecule has 0 spiro atoms. The number of hydrogen-bond donors (Lipinski definition) is 1. The first-order valence-electron chi connectivity index (χ1n) is 8.69. The first kappa shape index (κ1) is 17.7. The molecular weight excluding hydrogens is 326 g/mol. The zero-order valence-electron chi connectivity index (χ0n) is 15.3. The fourth-order valence-electron chi connectivity index (χ4n) is 2.69. The van der Waals surface area contributed by atoms with Gasteiger partial charge in [0.25, 0.3) is 5.91 Å². The zero-order valence-corrected chi connectivity index (χ0v) is 15.3. The third kappa shape index (κ3) is 4.30. The fraction of sp³-hybridized carbons (Fsp3) is 0.238. The molecule has 5 heteroatoms. The molecule has 0 bridgehead atoms. The van der Waals surface area contributed by atoms with Gasteiger partial charge in [-0.2, -0.15) is 5.10 Å². The van der Waals surface area contributed by atoms with E-state index < -0.39 is 0 Å². The van der Waals surface area contributed by atoms with Crippen LogP contribution < -0.4 is 10.1 Å². The van der Waals surface area contributed by atoms with Crippen molar-refractivity contribution in [3.63, 3.8) is 0 Å². The van der Waals surface area contributed by atoms with Crippen LogP contribution in [-0.4, -0.2) is 21.8 Å². The number of aryl methyl sites for hydroxylation is 1. The van der Waals surface area contributed by atoms with Crippen molar-refractivity contribution < 1.29 is 9.53 Å². The molecule has 134 valence electrons. The second-order valence-corrected chi connectivity index (χ2v) is 6.42. The number of carbonyl (C=O) groups excluding carboxylic acids is 1. The van der Waals surface area contributed by atoms with E-state index in [9.17, 15) is 4.79 Å². The van der Waals surface area contributed by atoms with Gasteiger partial charge in [0.05, 0.1) is 11.8 Å². The predicted molar refractivity (Wildman–Crippen MR) is 102 cm³/mol. The van der Waals surface area contributed by atoms with Gasteiger partial charge in [-0.3, -0.25) is 4.79 Å². The molecule has 0 aliphatic heterocycles. The van der Waals surface area contributed by atoms with Crippen LogP contribution in [0.1, 0.15) is 35.6 Å². The van der Waals surface area contributed by atoms with E-state index in [1.54, 1.807) is 10.7 Å². The van der Waals surface area contributed by atoms with Crippen LogP contribution in [0, 0.1) is 6.92 Å². The molecule has 1 amide bonds. The monoisotopic (exact) mass is 349 g/mol. The Labute approximate surface area is 153 Å². The molecule has 1 heterocycles. The number of hydrogen-bond acceptors (Lipinski definition) is 3. The first-order valence-corrected chi connectivity index (χ1v) is 8.69. The van der Waals surface area contributed by atoms with Gasteiger partial charge in [-0.15, -0.1) is 0 Å². The number of rotatable bonds is 6. The number of benzene rings is 2. The summed E-state index contributed by atoms with van der Waals surface area (Å²) in [6, 6.07) is 19.3. The van der Waals surface area contributed by atoms with Gasteiger partial charge in [-0.1, -0.05) is 30.3 Å². The topological polar surface area (TPSA) is 56.1 Å². The third-order valence-corrected chi connectivity index (χ3v) is 3.84. The molecule has 0 saturated carbocycles. The predicted octanol–water partition coefficient (Wildman–Crippen LogP) is 3.90.